The van der Waals surface area contributed by atoms with Crippen LogP contribution >= 0.6 is 0 Å². The lowest BCUT2D eigenvalue weighted by atomic mass is 9.95. The van der Waals surface area contributed by atoms with Gasteiger partial charge in [0.2, 0.25) is 0 Å². The number of benzene rings is 1. The lowest BCUT2D eigenvalue weighted by Crippen LogP contribution is -2.44. The van der Waals surface area contributed by atoms with Crippen molar-refractivity contribution in [2.75, 3.05) is 0 Å². The Kier molecular flexibility index (Phi) is 3.45. The topological polar surface area (TPSA) is 38.3 Å². The van der Waals surface area contributed by atoms with Gasteiger partial charge in [0.25, 0.3) is 5.91 Å². The second-order valence-electron chi connectivity index (χ2n) is 5.86. The van der Waals surface area contributed by atoms with E-state index in [0.717, 1.165) is 18.1 Å². The molecule has 0 saturated heterocycles. The molecule has 0 unspecified atom stereocenters. The van der Waals surface area contributed by atoms with Crippen LogP contribution < -0.4 is 10.1 Å². The molecule has 1 aromatic rings. The molecule has 0 heterocycles. The zero-order valence-corrected chi connectivity index (χ0v) is 11.3. The number of ether oxygens (including phenoxy) is 1. The van der Waals surface area contributed by atoms with Crippen molar-refractivity contribution in [2.24, 2.45) is 11.8 Å². The van der Waals surface area contributed by atoms with E-state index in [1.54, 1.807) is 0 Å². The average Bonchev–Trinajstić information content (AvgIpc) is 3.02. The van der Waals surface area contributed by atoms with Crippen molar-refractivity contribution in [3.63, 3.8) is 0 Å². The van der Waals surface area contributed by atoms with Crippen LogP contribution in [0.3, 0.4) is 0 Å². The number of rotatable bonds is 4. The lowest BCUT2D eigenvalue weighted by molar-refractivity contribution is -0.128. The Morgan fingerprint density at radius 1 is 1.26 bits per heavy atom. The summed E-state index contributed by atoms with van der Waals surface area (Å²) in [6, 6.07) is 9.90. The van der Waals surface area contributed by atoms with Gasteiger partial charge in [0.15, 0.2) is 6.10 Å². The number of hydrogen-bond acceptors (Lipinski definition) is 2. The lowest BCUT2D eigenvalue weighted by Gasteiger charge is -2.24. The first-order chi connectivity index (χ1) is 9.22. The van der Waals surface area contributed by atoms with E-state index in [4.69, 9.17) is 4.74 Å². The highest BCUT2D eigenvalue weighted by Gasteiger charge is 2.40. The quantitative estimate of drug-likeness (QED) is 0.903. The maximum absolute atomic E-state index is 12.1. The molecule has 2 aliphatic rings. The minimum absolute atomic E-state index is 0.0152. The molecule has 3 heteroatoms. The number of fused-ring (bicyclic) bond motifs is 2. The van der Waals surface area contributed by atoms with Gasteiger partial charge in [0, 0.05) is 6.04 Å². The van der Waals surface area contributed by atoms with E-state index >= 15 is 0 Å². The van der Waals surface area contributed by atoms with E-state index in [2.05, 4.69) is 5.32 Å². The zero-order chi connectivity index (χ0) is 13.2. The summed E-state index contributed by atoms with van der Waals surface area (Å²) in [7, 11) is 0. The van der Waals surface area contributed by atoms with Gasteiger partial charge in [-0.15, -0.1) is 0 Å². The molecule has 0 spiro atoms. The first kappa shape index (κ1) is 12.5. The summed E-state index contributed by atoms with van der Waals surface area (Å²) < 4.78 is 5.65. The normalized spacial score (nSPS) is 30.1. The van der Waals surface area contributed by atoms with Crippen molar-refractivity contribution >= 4 is 5.91 Å². The number of nitrogens with one attached hydrogen (secondary N) is 1. The Labute approximate surface area is 114 Å². The molecule has 19 heavy (non-hydrogen) atoms. The van der Waals surface area contributed by atoms with Gasteiger partial charge in [0.1, 0.15) is 5.75 Å². The van der Waals surface area contributed by atoms with Crippen molar-refractivity contribution < 1.29 is 9.53 Å². The van der Waals surface area contributed by atoms with E-state index in [0.29, 0.717) is 12.0 Å². The maximum atomic E-state index is 12.1. The molecule has 3 nitrogen and oxygen atoms in total. The summed E-state index contributed by atoms with van der Waals surface area (Å²) in [5.41, 5.74) is 0. The third-order valence-corrected chi connectivity index (χ3v) is 4.49. The fraction of sp³-hybridized carbons (Fsp3) is 0.562. The predicted molar refractivity (Wildman–Crippen MR) is 73.9 cm³/mol. The summed E-state index contributed by atoms with van der Waals surface area (Å²) in [6.45, 7) is 1.82. The van der Waals surface area contributed by atoms with E-state index in [1.165, 1.54) is 19.3 Å². The molecule has 2 fully saturated rings. The van der Waals surface area contributed by atoms with Crippen LogP contribution in [-0.2, 0) is 4.79 Å². The number of carbonyl (C=O) groups is 1. The summed E-state index contributed by atoms with van der Waals surface area (Å²) in [5.74, 6) is 2.32. The zero-order valence-electron chi connectivity index (χ0n) is 11.3. The van der Waals surface area contributed by atoms with Gasteiger partial charge < -0.3 is 10.1 Å². The molecule has 1 amide bonds. The molecule has 0 aromatic heterocycles. The van der Waals surface area contributed by atoms with Crippen LogP contribution in [0, 0.1) is 11.8 Å². The SMILES string of the molecule is C[C@H](Oc1ccccc1)C(=O)N[C@@H]1C[C@H]2CC[C@H]1C2. The fourth-order valence-corrected chi connectivity index (χ4v) is 3.48. The second kappa shape index (κ2) is 5.24. The van der Waals surface area contributed by atoms with Crippen molar-refractivity contribution in [2.45, 2.75) is 44.8 Å². The standard InChI is InChI=1S/C16H21NO2/c1-11(19-14-5-3-2-4-6-14)16(18)17-15-10-12-7-8-13(15)9-12/h2-6,11-13,15H,7-10H2,1H3,(H,17,18)/t11-,12-,13-,15+/m0/s1. The summed E-state index contributed by atoms with van der Waals surface area (Å²) >= 11 is 0. The fourth-order valence-electron chi connectivity index (χ4n) is 3.48. The second-order valence-corrected chi connectivity index (χ2v) is 5.86. The third-order valence-electron chi connectivity index (χ3n) is 4.49. The third kappa shape index (κ3) is 2.75. The highest BCUT2D eigenvalue weighted by molar-refractivity contribution is 5.81. The number of amides is 1. The highest BCUT2D eigenvalue weighted by atomic mass is 16.5. The molecule has 2 saturated carbocycles. The summed E-state index contributed by atoms with van der Waals surface area (Å²) in [6.07, 6.45) is 4.67. The first-order valence-corrected chi connectivity index (χ1v) is 7.24. The van der Waals surface area contributed by atoms with Crippen LogP contribution in [0.1, 0.15) is 32.6 Å². The van der Waals surface area contributed by atoms with Crippen molar-refractivity contribution in [3.05, 3.63) is 30.3 Å². The van der Waals surface area contributed by atoms with Crippen molar-refractivity contribution in [3.8, 4) is 5.75 Å². The number of hydrogen-bond donors (Lipinski definition) is 1. The van der Waals surface area contributed by atoms with Gasteiger partial charge >= 0.3 is 0 Å². The molecule has 3 rings (SSSR count). The Balaban J connectivity index is 1.53. The van der Waals surface area contributed by atoms with E-state index < -0.39 is 6.10 Å². The van der Waals surface area contributed by atoms with Crippen LogP contribution in [0.4, 0.5) is 0 Å². The maximum Gasteiger partial charge on any atom is 0.261 e. The molecule has 0 aliphatic heterocycles. The van der Waals surface area contributed by atoms with Gasteiger partial charge in [-0.05, 0) is 50.2 Å². The van der Waals surface area contributed by atoms with Gasteiger partial charge in [-0.25, -0.2) is 0 Å². The first-order valence-electron chi connectivity index (χ1n) is 7.24. The van der Waals surface area contributed by atoms with Gasteiger partial charge in [-0.3, -0.25) is 4.79 Å². The van der Waals surface area contributed by atoms with Crippen LogP contribution in [0.25, 0.3) is 0 Å². The Bertz CT molecular complexity index is 445. The monoisotopic (exact) mass is 259 g/mol. The van der Waals surface area contributed by atoms with Gasteiger partial charge in [-0.2, -0.15) is 0 Å². The number of para-hydroxylation sites is 1. The van der Waals surface area contributed by atoms with Crippen molar-refractivity contribution in [1.82, 2.24) is 5.32 Å². The van der Waals surface area contributed by atoms with Crippen molar-refractivity contribution in [1.29, 1.82) is 0 Å². The molecular formula is C16H21NO2. The Hall–Kier alpha value is -1.51. The van der Waals surface area contributed by atoms with E-state index in [1.807, 2.05) is 37.3 Å². The van der Waals surface area contributed by atoms with Crippen LogP contribution in [0.15, 0.2) is 30.3 Å². The molecule has 1 N–H and O–H groups in total. The van der Waals surface area contributed by atoms with Gasteiger partial charge in [-0.1, -0.05) is 24.6 Å². The predicted octanol–water partition coefficient (Wildman–Crippen LogP) is 2.76. The molecule has 2 aliphatic carbocycles. The van der Waals surface area contributed by atoms with E-state index in [-0.39, 0.29) is 5.91 Å². The highest BCUT2D eigenvalue weighted by Crippen LogP contribution is 2.44. The molecular weight excluding hydrogens is 238 g/mol. The largest absolute Gasteiger partial charge is 0.481 e. The average molecular weight is 259 g/mol. The van der Waals surface area contributed by atoms with E-state index in [9.17, 15) is 4.79 Å². The smallest absolute Gasteiger partial charge is 0.261 e. The molecule has 102 valence electrons. The van der Waals surface area contributed by atoms with Crippen LogP contribution in [0.2, 0.25) is 0 Å². The van der Waals surface area contributed by atoms with Crippen LogP contribution in [0.5, 0.6) is 5.75 Å². The number of carbonyl (C=O) groups excluding carboxylic acids is 1. The Morgan fingerprint density at radius 2 is 2.05 bits per heavy atom. The molecule has 4 atom stereocenters. The molecule has 0 radical (unpaired) electrons. The Morgan fingerprint density at radius 3 is 2.68 bits per heavy atom. The minimum Gasteiger partial charge on any atom is -0.481 e. The van der Waals surface area contributed by atoms with Gasteiger partial charge in [0.05, 0.1) is 0 Å². The summed E-state index contributed by atoms with van der Waals surface area (Å²) in [4.78, 5) is 12.1. The minimum atomic E-state index is -0.429. The molecule has 1 aromatic carbocycles. The molecule has 2 bridgehead atoms. The van der Waals surface area contributed by atoms with Crippen LogP contribution in [-0.4, -0.2) is 18.1 Å². The summed E-state index contributed by atoms with van der Waals surface area (Å²) in [5, 5.41) is 3.17.